The van der Waals surface area contributed by atoms with E-state index in [1.807, 2.05) is 0 Å². The maximum Gasteiger partial charge on any atom is 0.0601 e. The molecule has 1 fully saturated rings. The highest BCUT2D eigenvalue weighted by molar-refractivity contribution is 14.1. The number of methoxy groups -OCH3 is 1. The van der Waals surface area contributed by atoms with Crippen molar-refractivity contribution in [1.29, 1.82) is 0 Å². The molecule has 3 heteroatoms. The summed E-state index contributed by atoms with van der Waals surface area (Å²) in [6.45, 7) is 2.22. The van der Waals surface area contributed by atoms with Gasteiger partial charge in [0.25, 0.3) is 0 Å². The Kier molecular flexibility index (Phi) is 4.21. The first-order valence-electron chi connectivity index (χ1n) is 5.73. The van der Waals surface area contributed by atoms with Crippen LogP contribution in [-0.4, -0.2) is 19.3 Å². The zero-order chi connectivity index (χ0) is 11.5. The first-order valence-corrected chi connectivity index (χ1v) is 6.81. The fourth-order valence-corrected chi connectivity index (χ4v) is 2.45. The maximum atomic E-state index is 5.28. The van der Waals surface area contributed by atoms with Gasteiger partial charge < -0.3 is 10.1 Å². The number of halogens is 1. The molecule has 1 atom stereocenters. The molecule has 0 heterocycles. The molecule has 2 rings (SSSR count). The smallest absolute Gasteiger partial charge is 0.0601 e. The molecule has 0 bridgehead atoms. The van der Waals surface area contributed by atoms with Crippen molar-refractivity contribution >= 4 is 22.6 Å². The van der Waals surface area contributed by atoms with E-state index in [1.165, 1.54) is 9.13 Å². The SMILES string of the molecule is COC1CC(NC(C)c2ccc(I)cc2)C1. The average molecular weight is 331 g/mol. The molecule has 0 aliphatic heterocycles. The minimum atomic E-state index is 0.430. The van der Waals surface area contributed by atoms with Crippen LogP contribution in [0.25, 0.3) is 0 Å². The molecule has 1 aromatic carbocycles. The second-order valence-electron chi connectivity index (χ2n) is 4.47. The molecule has 1 aromatic rings. The lowest BCUT2D eigenvalue weighted by Crippen LogP contribution is -2.45. The zero-order valence-electron chi connectivity index (χ0n) is 9.74. The normalized spacial score (nSPS) is 26.2. The van der Waals surface area contributed by atoms with Gasteiger partial charge in [-0.05, 0) is 60.1 Å². The maximum absolute atomic E-state index is 5.28. The quantitative estimate of drug-likeness (QED) is 0.856. The molecule has 88 valence electrons. The molecule has 0 amide bonds. The molecule has 0 saturated heterocycles. The molecule has 1 unspecified atom stereocenters. The summed E-state index contributed by atoms with van der Waals surface area (Å²) in [5.41, 5.74) is 1.36. The van der Waals surface area contributed by atoms with Crippen LogP contribution in [0.15, 0.2) is 24.3 Å². The molecule has 0 spiro atoms. The molecular weight excluding hydrogens is 313 g/mol. The minimum Gasteiger partial charge on any atom is -0.381 e. The van der Waals surface area contributed by atoms with E-state index >= 15 is 0 Å². The van der Waals surface area contributed by atoms with Gasteiger partial charge in [-0.1, -0.05) is 12.1 Å². The first-order chi connectivity index (χ1) is 7.69. The van der Waals surface area contributed by atoms with E-state index in [1.54, 1.807) is 7.11 Å². The van der Waals surface area contributed by atoms with Gasteiger partial charge in [0.05, 0.1) is 6.10 Å². The van der Waals surface area contributed by atoms with E-state index in [2.05, 4.69) is 59.1 Å². The monoisotopic (exact) mass is 331 g/mol. The fourth-order valence-electron chi connectivity index (χ4n) is 2.10. The van der Waals surface area contributed by atoms with Crippen LogP contribution in [0.1, 0.15) is 31.4 Å². The summed E-state index contributed by atoms with van der Waals surface area (Å²) in [4.78, 5) is 0. The van der Waals surface area contributed by atoms with E-state index in [4.69, 9.17) is 4.74 Å². The van der Waals surface area contributed by atoms with Crippen molar-refractivity contribution in [2.24, 2.45) is 0 Å². The van der Waals surface area contributed by atoms with E-state index in [0.29, 0.717) is 18.2 Å². The van der Waals surface area contributed by atoms with Crippen LogP contribution < -0.4 is 5.32 Å². The molecule has 1 aliphatic carbocycles. The minimum absolute atomic E-state index is 0.430. The summed E-state index contributed by atoms with van der Waals surface area (Å²) in [5, 5.41) is 3.63. The Morgan fingerprint density at radius 2 is 1.94 bits per heavy atom. The third kappa shape index (κ3) is 2.96. The number of nitrogens with one attached hydrogen (secondary N) is 1. The van der Waals surface area contributed by atoms with Gasteiger partial charge in [0.15, 0.2) is 0 Å². The van der Waals surface area contributed by atoms with Gasteiger partial charge >= 0.3 is 0 Å². The second-order valence-corrected chi connectivity index (χ2v) is 5.71. The average Bonchev–Trinajstić information content (AvgIpc) is 2.23. The van der Waals surface area contributed by atoms with Crippen LogP contribution in [0.2, 0.25) is 0 Å². The van der Waals surface area contributed by atoms with Gasteiger partial charge in [0, 0.05) is 22.8 Å². The Bertz CT molecular complexity index is 332. The summed E-state index contributed by atoms with van der Waals surface area (Å²) in [5.74, 6) is 0. The first kappa shape index (κ1) is 12.3. The topological polar surface area (TPSA) is 21.3 Å². The Morgan fingerprint density at radius 3 is 2.50 bits per heavy atom. The lowest BCUT2D eigenvalue weighted by Gasteiger charge is -2.36. The third-order valence-corrected chi connectivity index (χ3v) is 4.00. The number of rotatable bonds is 4. The van der Waals surface area contributed by atoms with Crippen molar-refractivity contribution in [2.45, 2.75) is 38.0 Å². The van der Waals surface area contributed by atoms with Gasteiger partial charge in [0.1, 0.15) is 0 Å². The highest BCUT2D eigenvalue weighted by atomic mass is 127. The Morgan fingerprint density at radius 1 is 1.31 bits per heavy atom. The van der Waals surface area contributed by atoms with Crippen LogP contribution in [0.5, 0.6) is 0 Å². The summed E-state index contributed by atoms with van der Waals surface area (Å²) in [6.07, 6.45) is 2.76. The molecule has 2 nitrogen and oxygen atoms in total. The summed E-state index contributed by atoms with van der Waals surface area (Å²) < 4.78 is 6.57. The number of hydrogen-bond acceptors (Lipinski definition) is 2. The van der Waals surface area contributed by atoms with Crippen LogP contribution in [0.3, 0.4) is 0 Å². The lowest BCUT2D eigenvalue weighted by atomic mass is 9.88. The summed E-state index contributed by atoms with van der Waals surface area (Å²) in [7, 11) is 1.80. The van der Waals surface area contributed by atoms with Crippen LogP contribution >= 0.6 is 22.6 Å². The van der Waals surface area contributed by atoms with Crippen LogP contribution in [-0.2, 0) is 4.74 Å². The number of hydrogen-bond donors (Lipinski definition) is 1. The van der Waals surface area contributed by atoms with Crippen LogP contribution in [0.4, 0.5) is 0 Å². The number of benzene rings is 1. The van der Waals surface area contributed by atoms with Crippen molar-refractivity contribution in [3.05, 3.63) is 33.4 Å². The predicted molar refractivity (Wildman–Crippen MR) is 74.5 cm³/mol. The third-order valence-electron chi connectivity index (χ3n) is 3.28. The highest BCUT2D eigenvalue weighted by Crippen LogP contribution is 2.25. The largest absolute Gasteiger partial charge is 0.381 e. The van der Waals surface area contributed by atoms with Gasteiger partial charge in [-0.25, -0.2) is 0 Å². The molecular formula is C13H18INO. The molecule has 16 heavy (non-hydrogen) atoms. The standard InChI is InChI=1S/C13H18INO/c1-9(10-3-5-11(14)6-4-10)15-12-7-13(8-12)16-2/h3-6,9,12-13,15H,7-8H2,1-2H3. The van der Waals surface area contributed by atoms with E-state index in [0.717, 1.165) is 12.8 Å². The van der Waals surface area contributed by atoms with E-state index in [-0.39, 0.29) is 0 Å². The Labute approximate surface area is 111 Å². The fraction of sp³-hybridized carbons (Fsp3) is 0.538. The van der Waals surface area contributed by atoms with Gasteiger partial charge in [0.2, 0.25) is 0 Å². The molecule has 0 radical (unpaired) electrons. The second kappa shape index (κ2) is 5.47. The van der Waals surface area contributed by atoms with Crippen molar-refractivity contribution < 1.29 is 4.74 Å². The van der Waals surface area contributed by atoms with Crippen LogP contribution in [0, 0.1) is 3.57 Å². The summed E-state index contributed by atoms with van der Waals surface area (Å²) in [6, 6.07) is 9.77. The Hall–Kier alpha value is -0.130. The van der Waals surface area contributed by atoms with E-state index < -0.39 is 0 Å². The summed E-state index contributed by atoms with van der Waals surface area (Å²) >= 11 is 2.33. The van der Waals surface area contributed by atoms with Crippen molar-refractivity contribution in [1.82, 2.24) is 5.32 Å². The van der Waals surface area contributed by atoms with Crippen molar-refractivity contribution in [2.75, 3.05) is 7.11 Å². The molecule has 0 aromatic heterocycles. The molecule has 1 aliphatic rings. The van der Waals surface area contributed by atoms with E-state index in [9.17, 15) is 0 Å². The van der Waals surface area contributed by atoms with Gasteiger partial charge in [-0.15, -0.1) is 0 Å². The van der Waals surface area contributed by atoms with Gasteiger partial charge in [-0.3, -0.25) is 0 Å². The predicted octanol–water partition coefficient (Wildman–Crippen LogP) is 3.12. The van der Waals surface area contributed by atoms with Gasteiger partial charge in [-0.2, -0.15) is 0 Å². The van der Waals surface area contributed by atoms with Crippen molar-refractivity contribution in [3.63, 3.8) is 0 Å². The zero-order valence-corrected chi connectivity index (χ0v) is 11.9. The molecule has 1 saturated carbocycles. The number of ether oxygens (including phenoxy) is 1. The lowest BCUT2D eigenvalue weighted by molar-refractivity contribution is 0.0147. The molecule has 1 N–H and O–H groups in total. The Balaban J connectivity index is 1.84. The van der Waals surface area contributed by atoms with Crippen molar-refractivity contribution in [3.8, 4) is 0 Å². The highest BCUT2D eigenvalue weighted by Gasteiger charge is 2.29.